The number of benzene rings is 1. The number of nitrogens with one attached hydrogen (secondary N) is 1. The maximum atomic E-state index is 12.6. The molecule has 1 aliphatic heterocycles. The average Bonchev–Trinajstić information content (AvgIpc) is 2.96. The van der Waals surface area contributed by atoms with Crippen molar-refractivity contribution in [1.29, 1.82) is 0 Å². The van der Waals surface area contributed by atoms with Gasteiger partial charge in [0.2, 0.25) is 0 Å². The molecule has 126 valence electrons. The molecule has 1 aliphatic rings. The first-order valence-corrected chi connectivity index (χ1v) is 8.40. The largest absolute Gasteiger partial charge is 0.463 e. The fourth-order valence-electron chi connectivity index (χ4n) is 3.12. The molecule has 6 heteroatoms. The number of hydrogen-bond donors (Lipinski definition) is 1. The molecule has 0 spiro atoms. The molecule has 1 aromatic heterocycles. The van der Waals surface area contributed by atoms with E-state index in [1.807, 2.05) is 49.0 Å². The Hall–Kier alpha value is -2.27. The summed E-state index contributed by atoms with van der Waals surface area (Å²) in [4.78, 5) is 12.6. The van der Waals surface area contributed by atoms with Gasteiger partial charge in [-0.15, -0.1) is 0 Å². The first-order valence-electron chi connectivity index (χ1n) is 8.02. The number of carbonyl (C=O) groups is 1. The number of rotatable bonds is 4. The number of anilines is 1. The van der Waals surface area contributed by atoms with Gasteiger partial charge in [-0.3, -0.25) is 0 Å². The van der Waals surface area contributed by atoms with Gasteiger partial charge in [0.05, 0.1) is 18.4 Å². The van der Waals surface area contributed by atoms with Crippen molar-refractivity contribution in [3.05, 3.63) is 57.9 Å². The van der Waals surface area contributed by atoms with Crippen LogP contribution in [0.3, 0.4) is 0 Å². The number of esters is 1. The van der Waals surface area contributed by atoms with Crippen molar-refractivity contribution < 1.29 is 9.53 Å². The predicted octanol–water partition coefficient (Wildman–Crippen LogP) is 3.95. The summed E-state index contributed by atoms with van der Waals surface area (Å²) in [6.07, 6.45) is 1.81. The molecule has 0 amide bonds. The van der Waals surface area contributed by atoms with Gasteiger partial charge in [-0.25, -0.2) is 9.48 Å². The van der Waals surface area contributed by atoms with Gasteiger partial charge in [0.25, 0.3) is 0 Å². The normalized spacial score (nSPS) is 16.6. The third-order valence-corrected chi connectivity index (χ3v) is 4.39. The van der Waals surface area contributed by atoms with Gasteiger partial charge in [-0.1, -0.05) is 23.7 Å². The molecule has 1 atom stereocenters. The highest BCUT2D eigenvalue weighted by Crippen LogP contribution is 2.42. The third-order valence-electron chi connectivity index (χ3n) is 4.15. The highest BCUT2D eigenvalue weighted by atomic mass is 35.5. The highest BCUT2D eigenvalue weighted by molar-refractivity contribution is 6.30. The third kappa shape index (κ3) is 2.80. The summed E-state index contributed by atoms with van der Waals surface area (Å²) in [5.74, 6) is 0.342. The first kappa shape index (κ1) is 16.6. The summed E-state index contributed by atoms with van der Waals surface area (Å²) in [7, 11) is 0. The maximum absolute atomic E-state index is 12.6. The Morgan fingerprint density at radius 3 is 2.88 bits per heavy atom. The quantitative estimate of drug-likeness (QED) is 0.852. The van der Waals surface area contributed by atoms with Gasteiger partial charge < -0.3 is 10.1 Å². The standard InChI is InChI=1S/C18H20ClN3O2/c1-4-22-17-14(10-20-22)16(12-7-6-8-13(19)9-12)15(11(3)21-17)18(23)24-5-2/h6-10,16,21H,4-5H2,1-3H3/t16-/m0/s1. The number of aryl methyl sites for hydroxylation is 1. The van der Waals surface area contributed by atoms with Crippen LogP contribution in [0.5, 0.6) is 0 Å². The van der Waals surface area contributed by atoms with Gasteiger partial charge in [-0.2, -0.15) is 5.10 Å². The van der Waals surface area contributed by atoms with E-state index in [9.17, 15) is 4.79 Å². The number of allylic oxidation sites excluding steroid dienone is 1. The van der Waals surface area contributed by atoms with Crippen LogP contribution in [-0.4, -0.2) is 22.4 Å². The van der Waals surface area contributed by atoms with Crippen LogP contribution >= 0.6 is 11.6 Å². The molecule has 5 nitrogen and oxygen atoms in total. The van der Waals surface area contributed by atoms with Gasteiger partial charge in [0.15, 0.2) is 0 Å². The van der Waals surface area contributed by atoms with Crippen molar-refractivity contribution in [2.24, 2.45) is 0 Å². The van der Waals surface area contributed by atoms with Crippen LogP contribution < -0.4 is 5.32 Å². The Bertz CT molecular complexity index is 810. The Balaban J connectivity index is 2.18. The van der Waals surface area contributed by atoms with Gasteiger partial charge in [0.1, 0.15) is 5.82 Å². The lowest BCUT2D eigenvalue weighted by Gasteiger charge is -2.28. The summed E-state index contributed by atoms with van der Waals surface area (Å²) in [5, 5.41) is 8.38. The fourth-order valence-corrected chi connectivity index (χ4v) is 3.32. The van der Waals surface area contributed by atoms with Crippen LogP contribution in [0.2, 0.25) is 5.02 Å². The van der Waals surface area contributed by atoms with Gasteiger partial charge in [-0.05, 0) is 38.5 Å². The summed E-state index contributed by atoms with van der Waals surface area (Å²) < 4.78 is 7.17. The maximum Gasteiger partial charge on any atom is 0.336 e. The zero-order valence-corrected chi connectivity index (χ0v) is 14.7. The molecular weight excluding hydrogens is 326 g/mol. The van der Waals surface area contributed by atoms with E-state index in [0.717, 1.165) is 29.2 Å². The van der Waals surface area contributed by atoms with Gasteiger partial charge in [0, 0.05) is 28.7 Å². The first-order chi connectivity index (χ1) is 11.6. The number of carbonyl (C=O) groups excluding carboxylic acids is 1. The average molecular weight is 346 g/mol. The summed E-state index contributed by atoms with van der Waals surface area (Å²) in [6.45, 7) is 6.80. The molecule has 0 unspecified atom stereocenters. The lowest BCUT2D eigenvalue weighted by atomic mass is 9.83. The number of aromatic nitrogens is 2. The number of halogens is 1. The van der Waals surface area contributed by atoms with Crippen molar-refractivity contribution in [2.45, 2.75) is 33.2 Å². The van der Waals surface area contributed by atoms with E-state index >= 15 is 0 Å². The lowest BCUT2D eigenvalue weighted by molar-refractivity contribution is -0.138. The molecule has 1 N–H and O–H groups in total. The molecule has 0 fully saturated rings. The second-order valence-electron chi connectivity index (χ2n) is 5.64. The van der Waals surface area contributed by atoms with Crippen LogP contribution in [0.25, 0.3) is 0 Å². The zero-order valence-electron chi connectivity index (χ0n) is 14.0. The molecule has 0 bridgehead atoms. The van der Waals surface area contributed by atoms with E-state index in [1.54, 1.807) is 6.92 Å². The second-order valence-corrected chi connectivity index (χ2v) is 6.07. The van der Waals surface area contributed by atoms with E-state index in [4.69, 9.17) is 16.3 Å². The molecule has 2 aromatic rings. The molecule has 0 radical (unpaired) electrons. The Morgan fingerprint density at radius 2 is 2.21 bits per heavy atom. The molecule has 1 aromatic carbocycles. The van der Waals surface area contributed by atoms with E-state index in [-0.39, 0.29) is 11.9 Å². The SMILES string of the molecule is CCOC(=O)C1=C(C)Nc2c(cnn2CC)[C@@H]1c1cccc(Cl)c1. The van der Waals surface area contributed by atoms with Crippen molar-refractivity contribution in [1.82, 2.24) is 9.78 Å². The van der Waals surface area contributed by atoms with E-state index in [1.165, 1.54) is 0 Å². The minimum Gasteiger partial charge on any atom is -0.463 e. The monoisotopic (exact) mass is 345 g/mol. The van der Waals surface area contributed by atoms with Crippen molar-refractivity contribution in [3.63, 3.8) is 0 Å². The lowest BCUT2D eigenvalue weighted by Crippen LogP contribution is -2.25. The van der Waals surface area contributed by atoms with Crippen molar-refractivity contribution in [2.75, 3.05) is 11.9 Å². The molecule has 3 rings (SSSR count). The van der Waals surface area contributed by atoms with Crippen LogP contribution in [-0.2, 0) is 16.1 Å². The molecule has 0 saturated heterocycles. The number of ether oxygens (including phenoxy) is 1. The van der Waals surface area contributed by atoms with E-state index in [0.29, 0.717) is 17.2 Å². The Kier molecular flexibility index (Phi) is 4.62. The molecule has 24 heavy (non-hydrogen) atoms. The minimum absolute atomic E-state index is 0.251. The van der Waals surface area contributed by atoms with Crippen LogP contribution in [0, 0.1) is 0 Å². The number of nitrogens with zero attached hydrogens (tertiary/aromatic N) is 2. The van der Waals surface area contributed by atoms with E-state index in [2.05, 4.69) is 10.4 Å². The highest BCUT2D eigenvalue weighted by Gasteiger charge is 2.35. The predicted molar refractivity (Wildman–Crippen MR) is 94.2 cm³/mol. The molecule has 2 heterocycles. The smallest absolute Gasteiger partial charge is 0.336 e. The van der Waals surface area contributed by atoms with Gasteiger partial charge >= 0.3 is 5.97 Å². The number of hydrogen-bond acceptors (Lipinski definition) is 4. The van der Waals surface area contributed by atoms with E-state index < -0.39 is 0 Å². The molecule has 0 saturated carbocycles. The number of fused-ring (bicyclic) bond motifs is 1. The van der Waals surface area contributed by atoms with Crippen LogP contribution in [0.1, 0.15) is 37.8 Å². The van der Waals surface area contributed by atoms with Crippen LogP contribution in [0.4, 0.5) is 5.82 Å². The fraction of sp³-hybridized carbons (Fsp3) is 0.333. The second kappa shape index (κ2) is 6.69. The summed E-state index contributed by atoms with van der Waals surface area (Å²) in [6, 6.07) is 7.57. The van der Waals surface area contributed by atoms with Crippen molar-refractivity contribution >= 4 is 23.4 Å². The molecule has 0 aliphatic carbocycles. The summed E-state index contributed by atoms with van der Waals surface area (Å²) >= 11 is 6.18. The summed E-state index contributed by atoms with van der Waals surface area (Å²) in [5.41, 5.74) is 3.28. The Morgan fingerprint density at radius 1 is 1.42 bits per heavy atom. The zero-order chi connectivity index (χ0) is 17.3. The Labute approximate surface area is 146 Å². The van der Waals surface area contributed by atoms with Crippen LogP contribution in [0.15, 0.2) is 41.7 Å². The van der Waals surface area contributed by atoms with Crippen molar-refractivity contribution in [3.8, 4) is 0 Å². The minimum atomic E-state index is -0.317. The molecular formula is C18H20ClN3O2. The topological polar surface area (TPSA) is 56.1 Å².